The lowest BCUT2D eigenvalue weighted by Gasteiger charge is -2.11. The number of nitrogens with one attached hydrogen (secondary N) is 2. The van der Waals surface area contributed by atoms with Gasteiger partial charge in [-0.1, -0.05) is 30.3 Å². The number of H-pyrrole nitrogens is 1. The van der Waals surface area contributed by atoms with E-state index in [1.807, 2.05) is 41.8 Å². The van der Waals surface area contributed by atoms with Gasteiger partial charge in [-0.15, -0.1) is 0 Å². The van der Waals surface area contributed by atoms with Crippen molar-refractivity contribution < 1.29 is 9.59 Å². The lowest BCUT2D eigenvalue weighted by atomic mass is 10.1. The summed E-state index contributed by atoms with van der Waals surface area (Å²) in [5.74, 6) is 0.522. The third kappa shape index (κ3) is 4.92. The summed E-state index contributed by atoms with van der Waals surface area (Å²) in [6.45, 7) is 3.73. The van der Waals surface area contributed by atoms with E-state index in [9.17, 15) is 9.59 Å². The molecular weight excluding hydrogens is 376 g/mol. The Kier molecular flexibility index (Phi) is 6.70. The lowest BCUT2D eigenvalue weighted by Crippen LogP contribution is -2.29. The number of rotatable bonds is 8. The molecule has 1 aliphatic rings. The fourth-order valence-corrected chi connectivity index (χ4v) is 3.37. The van der Waals surface area contributed by atoms with Crippen LogP contribution in [0, 0.1) is 4.77 Å². The van der Waals surface area contributed by atoms with Crippen LogP contribution in [-0.4, -0.2) is 50.4 Å². The van der Waals surface area contributed by atoms with Crippen molar-refractivity contribution in [3.05, 3.63) is 46.5 Å². The number of hydrogen-bond acceptors (Lipinski definition) is 5. The number of aromatic amines is 1. The van der Waals surface area contributed by atoms with Crippen LogP contribution in [0.3, 0.4) is 0 Å². The summed E-state index contributed by atoms with van der Waals surface area (Å²) in [4.78, 5) is 24.3. The molecule has 0 fully saturated rings. The van der Waals surface area contributed by atoms with Gasteiger partial charge in [-0.05, 0) is 24.7 Å². The van der Waals surface area contributed by atoms with E-state index < -0.39 is 0 Å². The van der Waals surface area contributed by atoms with Gasteiger partial charge in [0.1, 0.15) is 5.82 Å². The number of amides is 2. The zero-order chi connectivity index (χ0) is 19.9. The van der Waals surface area contributed by atoms with Crippen molar-refractivity contribution in [1.29, 1.82) is 0 Å². The molecule has 2 aromatic rings. The second-order valence-electron chi connectivity index (χ2n) is 6.47. The fraction of sp³-hybridized carbons (Fsp3) is 0.421. The van der Waals surface area contributed by atoms with Gasteiger partial charge >= 0.3 is 0 Å². The highest BCUT2D eigenvalue weighted by atomic mass is 32.1. The van der Waals surface area contributed by atoms with Crippen molar-refractivity contribution in [1.82, 2.24) is 25.1 Å². The normalized spacial score (nSPS) is 13.5. The van der Waals surface area contributed by atoms with Crippen LogP contribution in [0.15, 0.2) is 35.4 Å². The van der Waals surface area contributed by atoms with Crippen LogP contribution in [0.25, 0.3) is 0 Å². The smallest absolute Gasteiger partial charge is 0.243 e. The molecule has 0 unspecified atom stereocenters. The van der Waals surface area contributed by atoms with E-state index in [2.05, 4.69) is 20.6 Å². The highest BCUT2D eigenvalue weighted by Gasteiger charge is 2.21. The van der Waals surface area contributed by atoms with Gasteiger partial charge in [0.05, 0.1) is 12.3 Å². The molecule has 148 valence electrons. The van der Waals surface area contributed by atoms with Gasteiger partial charge in [-0.2, -0.15) is 10.2 Å². The zero-order valence-corrected chi connectivity index (χ0v) is 16.7. The average molecular weight is 401 g/mol. The highest BCUT2D eigenvalue weighted by molar-refractivity contribution is 7.71. The first kappa shape index (κ1) is 19.9. The first-order valence-corrected chi connectivity index (χ1v) is 9.83. The van der Waals surface area contributed by atoms with E-state index in [0.717, 1.165) is 30.1 Å². The molecule has 9 heteroatoms. The fourth-order valence-electron chi connectivity index (χ4n) is 3.09. The Morgan fingerprint density at radius 3 is 2.79 bits per heavy atom. The molecule has 0 saturated carbocycles. The number of hydrazone groups is 1. The maximum atomic E-state index is 12.3. The predicted molar refractivity (Wildman–Crippen MR) is 108 cm³/mol. The summed E-state index contributed by atoms with van der Waals surface area (Å²) in [6, 6.07) is 9.82. The van der Waals surface area contributed by atoms with Crippen molar-refractivity contribution in [3.63, 3.8) is 0 Å². The number of carbonyl (C=O) groups excluding carboxylic acids is 2. The second-order valence-corrected chi connectivity index (χ2v) is 6.86. The van der Waals surface area contributed by atoms with Crippen LogP contribution in [0.2, 0.25) is 0 Å². The monoisotopic (exact) mass is 400 g/mol. The molecule has 0 spiro atoms. The molecule has 0 saturated heterocycles. The van der Waals surface area contributed by atoms with E-state index in [0.29, 0.717) is 24.3 Å². The minimum Gasteiger partial charge on any atom is -0.356 e. The zero-order valence-electron chi connectivity index (χ0n) is 15.9. The summed E-state index contributed by atoms with van der Waals surface area (Å²) in [7, 11) is 0. The molecule has 2 heterocycles. The molecular formula is C19H24N6O2S. The third-order valence-corrected chi connectivity index (χ3v) is 4.90. The number of aromatic nitrogens is 3. The molecule has 28 heavy (non-hydrogen) atoms. The van der Waals surface area contributed by atoms with Crippen LogP contribution in [0.1, 0.15) is 37.6 Å². The maximum Gasteiger partial charge on any atom is 0.243 e. The SMILES string of the molecule is CCn1c(CCNC(=O)CCC(=O)N2CCC(c3ccccc3)=N2)n[nH]c1=S. The summed E-state index contributed by atoms with van der Waals surface area (Å²) in [6.07, 6.45) is 1.60. The Morgan fingerprint density at radius 2 is 2.04 bits per heavy atom. The molecule has 0 aliphatic carbocycles. The molecule has 3 rings (SSSR count). The summed E-state index contributed by atoms with van der Waals surface area (Å²) >= 11 is 5.14. The lowest BCUT2D eigenvalue weighted by molar-refractivity contribution is -0.133. The topological polar surface area (TPSA) is 95.4 Å². The Labute approximate surface area is 168 Å². The summed E-state index contributed by atoms with van der Waals surface area (Å²) in [5, 5.41) is 15.6. The molecule has 8 nitrogen and oxygen atoms in total. The second kappa shape index (κ2) is 9.41. The van der Waals surface area contributed by atoms with E-state index in [1.54, 1.807) is 0 Å². The van der Waals surface area contributed by atoms with Crippen LogP contribution in [-0.2, 0) is 22.6 Å². The van der Waals surface area contributed by atoms with E-state index in [-0.39, 0.29) is 24.7 Å². The van der Waals surface area contributed by atoms with Crippen molar-refractivity contribution in [2.24, 2.45) is 5.10 Å². The van der Waals surface area contributed by atoms with E-state index >= 15 is 0 Å². The highest BCUT2D eigenvalue weighted by Crippen LogP contribution is 2.14. The Bertz CT molecular complexity index is 918. The Hall–Kier alpha value is -2.81. The third-order valence-electron chi connectivity index (χ3n) is 4.59. The van der Waals surface area contributed by atoms with Gasteiger partial charge in [-0.3, -0.25) is 14.7 Å². The summed E-state index contributed by atoms with van der Waals surface area (Å²) in [5.41, 5.74) is 1.93. The van der Waals surface area contributed by atoms with Crippen LogP contribution in [0.5, 0.6) is 0 Å². The van der Waals surface area contributed by atoms with Gasteiger partial charge in [0, 0.05) is 38.8 Å². The molecule has 0 radical (unpaired) electrons. The van der Waals surface area contributed by atoms with E-state index in [4.69, 9.17) is 12.2 Å². The van der Waals surface area contributed by atoms with Gasteiger partial charge in [-0.25, -0.2) is 5.01 Å². The molecule has 0 bridgehead atoms. The van der Waals surface area contributed by atoms with Crippen molar-refractivity contribution in [3.8, 4) is 0 Å². The van der Waals surface area contributed by atoms with Gasteiger partial charge < -0.3 is 9.88 Å². The molecule has 0 atom stereocenters. The van der Waals surface area contributed by atoms with Crippen LogP contribution >= 0.6 is 12.2 Å². The largest absolute Gasteiger partial charge is 0.356 e. The van der Waals surface area contributed by atoms with Crippen molar-refractivity contribution >= 4 is 29.7 Å². The molecule has 2 amide bonds. The van der Waals surface area contributed by atoms with Gasteiger partial charge in [0.25, 0.3) is 0 Å². The van der Waals surface area contributed by atoms with Crippen LogP contribution < -0.4 is 5.32 Å². The maximum absolute atomic E-state index is 12.3. The average Bonchev–Trinajstić information content (AvgIpc) is 3.34. The minimum atomic E-state index is -0.156. The molecule has 1 aliphatic heterocycles. The standard InChI is InChI=1S/C19H24N6O2S/c1-2-24-16(21-22-19(24)28)10-12-20-17(26)8-9-18(27)25-13-11-15(23-25)14-6-4-3-5-7-14/h3-7H,2,8-13H2,1H3,(H,20,26)(H,22,28). The molecule has 1 aromatic heterocycles. The number of nitrogens with zero attached hydrogens (tertiary/aromatic N) is 4. The number of hydrogen-bond donors (Lipinski definition) is 2. The first-order chi connectivity index (χ1) is 13.6. The first-order valence-electron chi connectivity index (χ1n) is 9.42. The molecule has 2 N–H and O–H groups in total. The Balaban J connectivity index is 1.41. The number of carbonyl (C=O) groups is 2. The quantitative estimate of drug-likeness (QED) is 0.663. The van der Waals surface area contributed by atoms with E-state index in [1.165, 1.54) is 5.01 Å². The molecule has 1 aromatic carbocycles. The minimum absolute atomic E-state index is 0.132. The number of benzene rings is 1. The van der Waals surface area contributed by atoms with Gasteiger partial charge in [0.2, 0.25) is 11.8 Å². The Morgan fingerprint density at radius 1 is 1.25 bits per heavy atom. The van der Waals surface area contributed by atoms with Gasteiger partial charge in [0.15, 0.2) is 4.77 Å². The van der Waals surface area contributed by atoms with Crippen molar-refractivity contribution in [2.75, 3.05) is 13.1 Å². The van der Waals surface area contributed by atoms with Crippen LogP contribution in [0.4, 0.5) is 0 Å². The summed E-state index contributed by atoms with van der Waals surface area (Å²) < 4.78 is 2.47. The predicted octanol–water partition coefficient (Wildman–Crippen LogP) is 2.04. The van der Waals surface area contributed by atoms with Crippen molar-refractivity contribution in [2.45, 2.75) is 39.2 Å².